The van der Waals surface area contributed by atoms with E-state index in [1.807, 2.05) is 51.1 Å². The Hall–Kier alpha value is -4.31. The molecule has 4 atom stereocenters. The van der Waals surface area contributed by atoms with Crippen molar-refractivity contribution in [3.8, 4) is 11.8 Å². The lowest BCUT2D eigenvalue weighted by Gasteiger charge is -2.27. The van der Waals surface area contributed by atoms with Crippen LogP contribution in [0.4, 0.5) is 4.79 Å². The number of aromatic nitrogens is 5. The van der Waals surface area contributed by atoms with Crippen LogP contribution < -0.4 is 10.1 Å². The van der Waals surface area contributed by atoms with Crippen LogP contribution in [0.2, 0.25) is 5.15 Å². The zero-order valence-electron chi connectivity index (χ0n) is 23.5. The van der Waals surface area contributed by atoms with E-state index in [4.69, 9.17) is 21.1 Å². The second kappa shape index (κ2) is 11.2. The van der Waals surface area contributed by atoms with Crippen molar-refractivity contribution in [1.29, 1.82) is 0 Å². The van der Waals surface area contributed by atoms with Gasteiger partial charge in [0.25, 0.3) is 0 Å². The Morgan fingerprint density at radius 1 is 1.07 bits per heavy atom. The first kappa shape index (κ1) is 27.8. The van der Waals surface area contributed by atoms with Crippen LogP contribution in [0.1, 0.15) is 53.9 Å². The minimum Gasteiger partial charge on any atom is -0.474 e. The second-order valence-electron chi connectivity index (χ2n) is 11.4. The summed E-state index contributed by atoms with van der Waals surface area (Å²) in [6, 6.07) is 14.7. The van der Waals surface area contributed by atoms with Crippen molar-refractivity contribution >= 4 is 23.5 Å². The summed E-state index contributed by atoms with van der Waals surface area (Å²) < 4.78 is 13.2. The lowest BCUT2D eigenvalue weighted by Crippen LogP contribution is -2.41. The number of hydrogen-bond donors (Lipinski definition) is 1. The van der Waals surface area contributed by atoms with E-state index in [1.165, 1.54) is 0 Å². The molecule has 0 bridgehead atoms. The summed E-state index contributed by atoms with van der Waals surface area (Å²) in [6.07, 6.45) is 5.92. The number of carbonyl (C=O) groups excluding carboxylic acids is 2. The van der Waals surface area contributed by atoms with Crippen molar-refractivity contribution in [2.75, 3.05) is 0 Å². The maximum Gasteiger partial charge on any atom is 0.408 e. The van der Waals surface area contributed by atoms with E-state index >= 15 is 0 Å². The van der Waals surface area contributed by atoms with Crippen LogP contribution in [-0.4, -0.2) is 42.7 Å². The molecule has 10 nitrogen and oxygen atoms in total. The van der Waals surface area contributed by atoms with Crippen LogP contribution in [0.25, 0.3) is 5.95 Å². The summed E-state index contributed by atoms with van der Waals surface area (Å²) in [5, 5.41) is 7.61. The van der Waals surface area contributed by atoms with E-state index in [-0.39, 0.29) is 41.4 Å². The van der Waals surface area contributed by atoms with Crippen LogP contribution in [0, 0.1) is 24.7 Å². The van der Waals surface area contributed by atoms with Gasteiger partial charge in [0.05, 0.1) is 16.8 Å². The fourth-order valence-corrected chi connectivity index (χ4v) is 5.92. The number of Topliss-reactive ketones (excluding diaryl/α,β-unsaturated/α-hetero) is 1. The van der Waals surface area contributed by atoms with Gasteiger partial charge in [0.2, 0.25) is 11.8 Å². The summed E-state index contributed by atoms with van der Waals surface area (Å²) in [5.41, 5.74) is 2.12. The zero-order chi connectivity index (χ0) is 29.4. The van der Waals surface area contributed by atoms with Crippen molar-refractivity contribution in [2.45, 2.75) is 51.9 Å². The smallest absolute Gasteiger partial charge is 0.408 e. The fraction of sp³-hybridized carbons (Fsp3) is 0.355. The Morgan fingerprint density at radius 3 is 2.50 bits per heavy atom. The van der Waals surface area contributed by atoms with E-state index in [0.29, 0.717) is 23.1 Å². The second-order valence-corrected chi connectivity index (χ2v) is 11.8. The fourth-order valence-electron chi connectivity index (χ4n) is 5.72. The highest BCUT2D eigenvalue weighted by Crippen LogP contribution is 2.56. The molecule has 1 amide bonds. The van der Waals surface area contributed by atoms with E-state index in [1.54, 1.807) is 41.5 Å². The average molecular weight is 587 g/mol. The molecule has 1 unspecified atom stereocenters. The molecule has 42 heavy (non-hydrogen) atoms. The standard InChI is InChI=1S/C31H31ClN6O4/c1-18-24(16-38(37-18)29-33-10-7-11-34-29)27(39)20-12-22-23(13-20)28(22)42-26-15-21(14-25(32)35-26)31(2,3)36-30(40)41-17-19-8-5-4-6-9-19/h4-11,14-16,20,22-23,28H,12-13,17H2,1-3H3,(H,36,40)/t20?,22-,23+,28+. The van der Waals surface area contributed by atoms with Crippen LogP contribution in [-0.2, 0) is 16.9 Å². The SMILES string of the molecule is Cc1nn(-c2ncccn2)cc1C(=O)C1C[C@@H]2[C@H](C1)[C@H]2Oc1cc(C(C)(C)NC(=O)OCc2ccccc2)cc(Cl)n1. The first-order chi connectivity index (χ1) is 20.2. The monoisotopic (exact) mass is 586 g/mol. The lowest BCUT2D eigenvalue weighted by atomic mass is 9.93. The molecule has 6 rings (SSSR count). The van der Waals surface area contributed by atoms with Gasteiger partial charge in [-0.1, -0.05) is 41.9 Å². The third kappa shape index (κ3) is 5.85. The Morgan fingerprint density at radius 2 is 1.79 bits per heavy atom. The number of pyridine rings is 1. The molecule has 2 aliphatic carbocycles. The van der Waals surface area contributed by atoms with Crippen molar-refractivity contribution in [2.24, 2.45) is 17.8 Å². The molecule has 4 aromatic rings. The highest BCUT2D eigenvalue weighted by atomic mass is 35.5. The lowest BCUT2D eigenvalue weighted by molar-refractivity contribution is 0.0901. The summed E-state index contributed by atoms with van der Waals surface area (Å²) in [5.74, 6) is 1.38. The molecule has 11 heteroatoms. The third-order valence-corrected chi connectivity index (χ3v) is 8.23. The van der Waals surface area contributed by atoms with Gasteiger partial charge in [0, 0.05) is 42.4 Å². The number of ketones is 1. The highest BCUT2D eigenvalue weighted by Gasteiger charge is 2.59. The molecule has 0 aliphatic heterocycles. The number of alkyl carbamates (subject to hydrolysis) is 1. The van der Waals surface area contributed by atoms with E-state index in [2.05, 4.69) is 25.4 Å². The van der Waals surface area contributed by atoms with E-state index in [0.717, 1.165) is 24.0 Å². The largest absolute Gasteiger partial charge is 0.474 e. The van der Waals surface area contributed by atoms with Gasteiger partial charge in [-0.05, 0) is 56.9 Å². The van der Waals surface area contributed by atoms with Gasteiger partial charge in [-0.2, -0.15) is 5.10 Å². The maximum atomic E-state index is 13.3. The molecular weight excluding hydrogens is 556 g/mol. The number of hydrogen-bond acceptors (Lipinski definition) is 8. The Kier molecular flexibility index (Phi) is 7.40. The molecule has 0 spiro atoms. The van der Waals surface area contributed by atoms with Gasteiger partial charge < -0.3 is 14.8 Å². The Bertz CT molecular complexity index is 1600. The molecular formula is C31H31ClN6O4. The molecule has 0 radical (unpaired) electrons. The number of ether oxygens (including phenoxy) is 2. The van der Waals surface area contributed by atoms with Gasteiger partial charge in [-0.25, -0.2) is 24.4 Å². The van der Waals surface area contributed by atoms with Gasteiger partial charge >= 0.3 is 6.09 Å². The number of halogens is 1. The first-order valence-electron chi connectivity index (χ1n) is 13.9. The molecule has 1 N–H and O–H groups in total. The number of amides is 1. The topological polar surface area (TPSA) is 121 Å². The summed E-state index contributed by atoms with van der Waals surface area (Å²) in [7, 11) is 0. The van der Waals surface area contributed by atoms with Crippen molar-refractivity contribution in [3.63, 3.8) is 0 Å². The van der Waals surface area contributed by atoms with Gasteiger partial charge in [0.1, 0.15) is 17.9 Å². The summed E-state index contributed by atoms with van der Waals surface area (Å²) >= 11 is 6.36. The molecule has 3 heterocycles. The van der Waals surface area contributed by atoms with E-state index in [9.17, 15) is 9.59 Å². The number of carbonyl (C=O) groups is 2. The molecule has 1 aromatic carbocycles. The third-order valence-electron chi connectivity index (χ3n) is 8.04. The number of benzene rings is 1. The number of rotatable bonds is 9. The van der Waals surface area contributed by atoms with Crippen LogP contribution in [0.5, 0.6) is 5.88 Å². The molecule has 2 aliphatic rings. The van der Waals surface area contributed by atoms with Crippen LogP contribution in [0.3, 0.4) is 0 Å². The van der Waals surface area contributed by atoms with E-state index < -0.39 is 11.6 Å². The molecule has 2 saturated carbocycles. The number of aryl methyl sites for hydroxylation is 1. The predicted octanol–water partition coefficient (Wildman–Crippen LogP) is 5.47. The van der Waals surface area contributed by atoms with Crippen LogP contribution in [0.15, 0.2) is 67.1 Å². The van der Waals surface area contributed by atoms with Crippen molar-refractivity contribution in [3.05, 3.63) is 94.7 Å². The quantitative estimate of drug-likeness (QED) is 0.202. The molecule has 216 valence electrons. The average Bonchev–Trinajstić information content (AvgIpc) is 3.28. The van der Waals surface area contributed by atoms with Gasteiger partial charge in [0.15, 0.2) is 5.78 Å². The van der Waals surface area contributed by atoms with Crippen molar-refractivity contribution in [1.82, 2.24) is 30.0 Å². The molecule has 3 aromatic heterocycles. The van der Waals surface area contributed by atoms with Crippen LogP contribution >= 0.6 is 11.6 Å². The maximum absolute atomic E-state index is 13.3. The highest BCUT2D eigenvalue weighted by molar-refractivity contribution is 6.29. The summed E-state index contributed by atoms with van der Waals surface area (Å²) in [6.45, 7) is 5.73. The normalized spacial score (nSPS) is 21.0. The minimum atomic E-state index is -0.789. The summed E-state index contributed by atoms with van der Waals surface area (Å²) in [4.78, 5) is 38.7. The zero-order valence-corrected chi connectivity index (χ0v) is 24.3. The van der Waals surface area contributed by atoms with Crippen molar-refractivity contribution < 1.29 is 19.1 Å². The molecule has 0 saturated heterocycles. The minimum absolute atomic E-state index is 0.0266. The first-order valence-corrected chi connectivity index (χ1v) is 14.3. The van der Waals surface area contributed by atoms with Gasteiger partial charge in [-0.15, -0.1) is 0 Å². The number of nitrogens with one attached hydrogen (secondary N) is 1. The molecule has 2 fully saturated rings. The number of nitrogens with zero attached hydrogens (tertiary/aromatic N) is 5. The Balaban J connectivity index is 1.05. The van der Waals surface area contributed by atoms with Gasteiger partial charge in [-0.3, -0.25) is 4.79 Å². The Labute approximate surface area is 248 Å². The number of fused-ring (bicyclic) bond motifs is 1. The predicted molar refractivity (Wildman–Crippen MR) is 154 cm³/mol.